The summed E-state index contributed by atoms with van der Waals surface area (Å²) < 4.78 is 11.2. The molecule has 27 heavy (non-hydrogen) atoms. The molecule has 1 aromatic heterocycles. The summed E-state index contributed by atoms with van der Waals surface area (Å²) in [7, 11) is 0. The number of urea groups is 1. The van der Waals surface area contributed by atoms with Gasteiger partial charge in [0.25, 0.3) is 5.89 Å². The number of carbonyl (C=O) groups is 1. The number of rotatable bonds is 5. The third-order valence-electron chi connectivity index (χ3n) is 4.33. The Bertz CT molecular complexity index is 902. The van der Waals surface area contributed by atoms with Crippen LogP contribution in [0.25, 0.3) is 22.8 Å². The van der Waals surface area contributed by atoms with E-state index < -0.39 is 0 Å². The van der Waals surface area contributed by atoms with Gasteiger partial charge in [-0.25, -0.2) is 4.79 Å². The van der Waals surface area contributed by atoms with Gasteiger partial charge in [0.1, 0.15) is 11.9 Å². The van der Waals surface area contributed by atoms with Crippen LogP contribution in [0.4, 0.5) is 4.79 Å². The molecular formula is C20H20N4O3. The summed E-state index contributed by atoms with van der Waals surface area (Å²) >= 11 is 0. The van der Waals surface area contributed by atoms with Crippen LogP contribution in [0.2, 0.25) is 0 Å². The van der Waals surface area contributed by atoms with E-state index in [4.69, 9.17) is 9.26 Å². The fraction of sp³-hybridized carbons (Fsp3) is 0.250. The van der Waals surface area contributed by atoms with E-state index in [1.807, 2.05) is 61.5 Å². The Morgan fingerprint density at radius 3 is 2.59 bits per heavy atom. The Morgan fingerprint density at radius 2 is 1.89 bits per heavy atom. The van der Waals surface area contributed by atoms with Gasteiger partial charge in [0.2, 0.25) is 5.82 Å². The number of hydrogen-bond donors (Lipinski definition) is 1. The van der Waals surface area contributed by atoms with E-state index in [9.17, 15) is 4.79 Å². The summed E-state index contributed by atoms with van der Waals surface area (Å²) in [4.78, 5) is 17.8. The Labute approximate surface area is 156 Å². The minimum Gasteiger partial charge on any atom is -0.487 e. The molecule has 0 saturated carbocycles. The summed E-state index contributed by atoms with van der Waals surface area (Å²) in [5, 5.41) is 6.83. The van der Waals surface area contributed by atoms with Gasteiger partial charge in [-0.15, -0.1) is 0 Å². The second-order valence-corrected chi connectivity index (χ2v) is 6.29. The fourth-order valence-electron chi connectivity index (χ4n) is 2.86. The van der Waals surface area contributed by atoms with Crippen LogP contribution in [-0.4, -0.2) is 46.8 Å². The number of benzene rings is 2. The molecule has 1 aliphatic rings. The van der Waals surface area contributed by atoms with Crippen LogP contribution in [0.1, 0.15) is 6.92 Å². The van der Waals surface area contributed by atoms with Crippen molar-refractivity contribution in [3.63, 3.8) is 0 Å². The van der Waals surface area contributed by atoms with Crippen molar-refractivity contribution in [2.24, 2.45) is 0 Å². The molecule has 0 aliphatic carbocycles. The number of nitrogens with zero attached hydrogens (tertiary/aromatic N) is 3. The summed E-state index contributed by atoms with van der Waals surface area (Å²) in [6.07, 6.45) is 0.0216. The molecule has 4 rings (SSSR count). The van der Waals surface area contributed by atoms with E-state index in [0.29, 0.717) is 31.3 Å². The third-order valence-corrected chi connectivity index (χ3v) is 4.33. The first-order chi connectivity index (χ1) is 13.2. The van der Waals surface area contributed by atoms with Crippen molar-refractivity contribution in [2.45, 2.75) is 13.0 Å². The predicted molar refractivity (Wildman–Crippen MR) is 100 cm³/mol. The second kappa shape index (κ2) is 7.49. The lowest BCUT2D eigenvalue weighted by molar-refractivity contribution is 0.0447. The van der Waals surface area contributed by atoms with E-state index in [2.05, 4.69) is 15.5 Å². The molecule has 0 unspecified atom stereocenters. The number of ether oxygens (including phenoxy) is 1. The van der Waals surface area contributed by atoms with Gasteiger partial charge in [-0.2, -0.15) is 4.98 Å². The van der Waals surface area contributed by atoms with Crippen LogP contribution in [0.3, 0.4) is 0 Å². The van der Waals surface area contributed by atoms with Crippen LogP contribution in [-0.2, 0) is 0 Å². The Balaban J connectivity index is 1.36. The minimum atomic E-state index is -0.0426. The molecule has 1 N–H and O–H groups in total. The topological polar surface area (TPSA) is 80.5 Å². The summed E-state index contributed by atoms with van der Waals surface area (Å²) in [5.41, 5.74) is 1.74. The normalized spacial score (nSPS) is 13.9. The number of likely N-dealkylation sites (tertiary alicyclic amines) is 1. The fourth-order valence-corrected chi connectivity index (χ4v) is 2.86. The van der Waals surface area contributed by atoms with Gasteiger partial charge in [0, 0.05) is 17.7 Å². The molecule has 0 spiro atoms. The van der Waals surface area contributed by atoms with E-state index in [1.165, 1.54) is 0 Å². The number of carbonyl (C=O) groups excluding carboxylic acids is 1. The molecule has 0 atom stereocenters. The van der Waals surface area contributed by atoms with Crippen LogP contribution < -0.4 is 10.1 Å². The molecule has 1 fully saturated rings. The number of hydrogen-bond acceptors (Lipinski definition) is 5. The van der Waals surface area contributed by atoms with E-state index in [0.717, 1.165) is 16.9 Å². The molecule has 3 aromatic rings. The zero-order valence-electron chi connectivity index (χ0n) is 15.0. The van der Waals surface area contributed by atoms with Gasteiger partial charge < -0.3 is 19.5 Å². The third kappa shape index (κ3) is 3.76. The summed E-state index contributed by atoms with van der Waals surface area (Å²) in [6.45, 7) is 3.72. The maximum absolute atomic E-state index is 11.7. The quantitative estimate of drug-likeness (QED) is 0.752. The van der Waals surface area contributed by atoms with Crippen LogP contribution in [0.5, 0.6) is 5.75 Å². The van der Waals surface area contributed by atoms with Gasteiger partial charge in [0.15, 0.2) is 0 Å². The number of nitrogens with one attached hydrogen (secondary N) is 1. The van der Waals surface area contributed by atoms with Crippen molar-refractivity contribution >= 4 is 6.03 Å². The largest absolute Gasteiger partial charge is 0.487 e. The average molecular weight is 364 g/mol. The summed E-state index contributed by atoms with van der Waals surface area (Å²) in [5.74, 6) is 1.78. The Morgan fingerprint density at radius 1 is 1.15 bits per heavy atom. The number of aromatic nitrogens is 2. The molecule has 138 valence electrons. The highest BCUT2D eigenvalue weighted by Gasteiger charge is 2.31. The average Bonchev–Trinajstić information content (AvgIpc) is 3.16. The highest BCUT2D eigenvalue weighted by atomic mass is 16.5. The SMILES string of the molecule is CCNC(=O)N1CC(Oc2ccc(-c3noc(-c4ccccc4)n3)cc2)C1. The van der Waals surface area contributed by atoms with Gasteiger partial charge in [-0.3, -0.25) is 0 Å². The molecule has 0 bridgehead atoms. The van der Waals surface area contributed by atoms with Gasteiger partial charge in [-0.05, 0) is 43.3 Å². The van der Waals surface area contributed by atoms with Gasteiger partial charge in [0.05, 0.1) is 13.1 Å². The first-order valence-electron chi connectivity index (χ1n) is 8.92. The second-order valence-electron chi connectivity index (χ2n) is 6.29. The van der Waals surface area contributed by atoms with E-state index in [1.54, 1.807) is 4.90 Å². The van der Waals surface area contributed by atoms with Crippen molar-refractivity contribution < 1.29 is 14.1 Å². The molecular weight excluding hydrogens is 344 g/mol. The lowest BCUT2D eigenvalue weighted by atomic mass is 10.1. The molecule has 2 heterocycles. The predicted octanol–water partition coefficient (Wildman–Crippen LogP) is 3.20. The maximum atomic E-state index is 11.7. The van der Waals surface area contributed by atoms with Gasteiger partial charge >= 0.3 is 6.03 Å². The Hall–Kier alpha value is -3.35. The van der Waals surface area contributed by atoms with Crippen LogP contribution in [0, 0.1) is 0 Å². The van der Waals surface area contributed by atoms with Crippen LogP contribution >= 0.6 is 0 Å². The smallest absolute Gasteiger partial charge is 0.317 e. The number of amides is 2. The minimum absolute atomic E-state index is 0.0216. The van der Waals surface area contributed by atoms with Crippen molar-refractivity contribution in [3.05, 3.63) is 54.6 Å². The zero-order chi connectivity index (χ0) is 18.6. The lowest BCUT2D eigenvalue weighted by Gasteiger charge is -2.38. The van der Waals surface area contributed by atoms with E-state index >= 15 is 0 Å². The van der Waals surface area contributed by atoms with Crippen molar-refractivity contribution in [2.75, 3.05) is 19.6 Å². The van der Waals surface area contributed by atoms with Crippen molar-refractivity contribution in [1.82, 2.24) is 20.4 Å². The monoisotopic (exact) mass is 364 g/mol. The molecule has 0 radical (unpaired) electrons. The summed E-state index contributed by atoms with van der Waals surface area (Å²) in [6, 6.07) is 17.2. The molecule has 1 aliphatic heterocycles. The van der Waals surface area contributed by atoms with Crippen molar-refractivity contribution in [3.8, 4) is 28.6 Å². The molecule has 2 amide bonds. The van der Waals surface area contributed by atoms with E-state index in [-0.39, 0.29) is 12.1 Å². The standard InChI is InChI=1S/C20H20N4O3/c1-2-21-20(25)24-12-17(13-24)26-16-10-8-14(9-11-16)18-22-19(27-23-18)15-6-4-3-5-7-15/h3-11,17H,2,12-13H2,1H3,(H,21,25). The lowest BCUT2D eigenvalue weighted by Crippen LogP contribution is -2.58. The highest BCUT2D eigenvalue weighted by molar-refractivity contribution is 5.75. The zero-order valence-corrected chi connectivity index (χ0v) is 15.0. The molecule has 2 aromatic carbocycles. The first-order valence-corrected chi connectivity index (χ1v) is 8.92. The van der Waals surface area contributed by atoms with Crippen LogP contribution in [0.15, 0.2) is 59.1 Å². The molecule has 7 nitrogen and oxygen atoms in total. The highest BCUT2D eigenvalue weighted by Crippen LogP contribution is 2.25. The Kier molecular flexibility index (Phi) is 4.74. The van der Waals surface area contributed by atoms with Crippen molar-refractivity contribution in [1.29, 1.82) is 0 Å². The maximum Gasteiger partial charge on any atom is 0.317 e. The van der Waals surface area contributed by atoms with Gasteiger partial charge in [-0.1, -0.05) is 23.4 Å². The molecule has 7 heteroatoms. The molecule has 1 saturated heterocycles. The first kappa shape index (κ1) is 17.1.